The molecule has 0 saturated carbocycles. The van der Waals surface area contributed by atoms with Gasteiger partial charge in [-0.2, -0.15) is 13.2 Å². The lowest BCUT2D eigenvalue weighted by Gasteiger charge is -2.11. The van der Waals surface area contributed by atoms with E-state index in [1.54, 1.807) is 6.92 Å². The summed E-state index contributed by atoms with van der Waals surface area (Å²) in [4.78, 5) is 16.0. The number of fused-ring (bicyclic) bond motifs is 1. The molecule has 0 unspecified atom stereocenters. The molecular weight excluding hydrogens is 330 g/mol. The Kier molecular flexibility index (Phi) is 3.70. The van der Waals surface area contributed by atoms with Crippen LogP contribution in [-0.4, -0.2) is 16.0 Å². The van der Waals surface area contributed by atoms with Gasteiger partial charge in [0.1, 0.15) is 5.82 Å². The predicted molar refractivity (Wildman–Crippen MR) is 75.9 cm³/mol. The number of halogens is 4. The Bertz CT molecular complexity index is 934. The van der Waals surface area contributed by atoms with Crippen molar-refractivity contribution >= 4 is 22.7 Å². The van der Waals surface area contributed by atoms with Crippen LogP contribution in [0.25, 0.3) is 11.1 Å². The molecule has 1 amide bonds. The third-order valence-electron chi connectivity index (χ3n) is 3.31. The Hall–Kier alpha value is -2.97. The number of carbonyl (C=O) groups excluding carboxylic acids is 1. The first-order valence-electron chi connectivity index (χ1n) is 6.66. The average Bonchev–Trinajstić information content (AvgIpc) is 2.89. The van der Waals surface area contributed by atoms with E-state index in [4.69, 9.17) is 4.52 Å². The van der Waals surface area contributed by atoms with Crippen molar-refractivity contribution in [1.82, 2.24) is 10.1 Å². The summed E-state index contributed by atoms with van der Waals surface area (Å²) in [5, 5.41) is 6.27. The van der Waals surface area contributed by atoms with Crippen LogP contribution in [0.15, 0.2) is 35.0 Å². The summed E-state index contributed by atoms with van der Waals surface area (Å²) < 4.78 is 56.6. The highest BCUT2D eigenvalue weighted by atomic mass is 19.4. The van der Waals surface area contributed by atoms with Crippen LogP contribution in [0, 0.1) is 12.7 Å². The van der Waals surface area contributed by atoms with E-state index in [0.29, 0.717) is 29.3 Å². The first-order chi connectivity index (χ1) is 11.3. The van der Waals surface area contributed by atoms with Crippen molar-refractivity contribution < 1.29 is 26.9 Å². The Morgan fingerprint density at radius 2 is 2.00 bits per heavy atom. The molecule has 0 saturated heterocycles. The zero-order valence-corrected chi connectivity index (χ0v) is 12.1. The molecule has 5 nitrogen and oxygen atoms in total. The van der Waals surface area contributed by atoms with E-state index in [1.807, 2.05) is 0 Å². The van der Waals surface area contributed by atoms with Gasteiger partial charge in [0.2, 0.25) is 0 Å². The molecule has 124 valence electrons. The fraction of sp³-hybridized carbons (Fsp3) is 0.133. The predicted octanol–water partition coefficient (Wildman–Crippen LogP) is 3.94. The minimum absolute atomic E-state index is 0.0330. The van der Waals surface area contributed by atoms with Gasteiger partial charge in [-0.3, -0.25) is 4.79 Å². The Morgan fingerprint density at radius 3 is 2.71 bits per heavy atom. The van der Waals surface area contributed by atoms with Crippen molar-refractivity contribution in [3.05, 3.63) is 53.1 Å². The highest BCUT2D eigenvalue weighted by molar-refractivity contribution is 6.05. The first kappa shape index (κ1) is 15.9. The number of amides is 1. The van der Waals surface area contributed by atoms with Crippen molar-refractivity contribution in [3.8, 4) is 0 Å². The quantitative estimate of drug-likeness (QED) is 0.718. The zero-order chi connectivity index (χ0) is 17.5. The molecule has 9 heteroatoms. The fourth-order valence-corrected chi connectivity index (χ4v) is 2.06. The van der Waals surface area contributed by atoms with Crippen LogP contribution in [0.4, 0.5) is 23.2 Å². The molecule has 24 heavy (non-hydrogen) atoms. The highest BCUT2D eigenvalue weighted by Crippen LogP contribution is 2.32. The van der Waals surface area contributed by atoms with Gasteiger partial charge in [0.05, 0.1) is 27.9 Å². The number of hydrogen-bond donors (Lipinski definition) is 1. The summed E-state index contributed by atoms with van der Waals surface area (Å²) in [5.74, 6) is -1.78. The Morgan fingerprint density at radius 1 is 1.25 bits per heavy atom. The second kappa shape index (κ2) is 5.59. The first-order valence-corrected chi connectivity index (χ1v) is 6.66. The Balaban J connectivity index is 1.92. The van der Waals surface area contributed by atoms with Crippen LogP contribution in [-0.2, 0) is 6.18 Å². The maximum Gasteiger partial charge on any atom is 0.416 e. The van der Waals surface area contributed by atoms with Crippen molar-refractivity contribution in [1.29, 1.82) is 0 Å². The lowest BCUT2D eigenvalue weighted by molar-refractivity contribution is -0.137. The molecule has 3 rings (SSSR count). The minimum Gasteiger partial charge on any atom is -0.336 e. The van der Waals surface area contributed by atoms with Gasteiger partial charge in [-0.1, -0.05) is 5.16 Å². The number of pyridine rings is 1. The standard InChI is InChI=1S/C15H9F4N3O2/c1-7-10-4-8(6-20-14(10)24-22-7)13(23)21-12-5-9(15(17,18)19)2-3-11(12)16/h2-6H,1H3,(H,21,23). The smallest absolute Gasteiger partial charge is 0.336 e. The third kappa shape index (κ3) is 2.92. The molecule has 0 aliphatic heterocycles. The number of aromatic nitrogens is 2. The van der Waals surface area contributed by atoms with Gasteiger partial charge in [0.15, 0.2) is 0 Å². The number of benzene rings is 1. The number of hydrogen-bond acceptors (Lipinski definition) is 4. The molecule has 1 aromatic carbocycles. The largest absolute Gasteiger partial charge is 0.416 e. The number of rotatable bonds is 2. The second-order valence-corrected chi connectivity index (χ2v) is 4.99. The van der Waals surface area contributed by atoms with Crippen LogP contribution in [0.1, 0.15) is 21.6 Å². The van der Waals surface area contributed by atoms with E-state index in [2.05, 4.69) is 15.5 Å². The number of alkyl halides is 3. The molecule has 0 spiro atoms. The molecule has 0 fully saturated rings. The molecule has 1 N–H and O–H groups in total. The molecule has 2 aromatic heterocycles. The van der Waals surface area contributed by atoms with Crippen LogP contribution < -0.4 is 5.32 Å². The van der Waals surface area contributed by atoms with Crippen molar-refractivity contribution in [2.75, 3.05) is 5.32 Å². The fourth-order valence-electron chi connectivity index (χ4n) is 2.06. The van der Waals surface area contributed by atoms with E-state index in [-0.39, 0.29) is 11.3 Å². The minimum atomic E-state index is -4.65. The molecular formula is C15H9F4N3O2. The van der Waals surface area contributed by atoms with Crippen molar-refractivity contribution in [2.24, 2.45) is 0 Å². The highest BCUT2D eigenvalue weighted by Gasteiger charge is 2.31. The van der Waals surface area contributed by atoms with Gasteiger partial charge < -0.3 is 9.84 Å². The van der Waals surface area contributed by atoms with Crippen LogP contribution in [0.2, 0.25) is 0 Å². The third-order valence-corrected chi connectivity index (χ3v) is 3.31. The molecule has 2 heterocycles. The molecule has 0 atom stereocenters. The summed E-state index contributed by atoms with van der Waals surface area (Å²) in [7, 11) is 0. The lowest BCUT2D eigenvalue weighted by atomic mass is 10.1. The van der Waals surface area contributed by atoms with Gasteiger partial charge in [-0.25, -0.2) is 9.37 Å². The second-order valence-electron chi connectivity index (χ2n) is 4.99. The van der Waals surface area contributed by atoms with E-state index < -0.39 is 29.2 Å². The maximum absolute atomic E-state index is 13.7. The molecule has 0 aliphatic carbocycles. The average molecular weight is 339 g/mol. The summed E-state index contributed by atoms with van der Waals surface area (Å²) in [6, 6.07) is 3.18. The van der Waals surface area contributed by atoms with Crippen LogP contribution in [0.3, 0.4) is 0 Å². The maximum atomic E-state index is 13.7. The monoisotopic (exact) mass is 339 g/mol. The number of nitrogens with one attached hydrogen (secondary N) is 1. The summed E-state index contributed by atoms with van der Waals surface area (Å²) in [6.07, 6.45) is -3.49. The van der Waals surface area contributed by atoms with Gasteiger partial charge >= 0.3 is 6.18 Å². The molecule has 0 aliphatic rings. The number of anilines is 1. The molecule has 0 radical (unpaired) electrons. The zero-order valence-electron chi connectivity index (χ0n) is 12.1. The topological polar surface area (TPSA) is 68.0 Å². The summed E-state index contributed by atoms with van der Waals surface area (Å²) in [6.45, 7) is 1.64. The van der Waals surface area contributed by atoms with Crippen LogP contribution >= 0.6 is 0 Å². The number of nitrogens with zero attached hydrogens (tertiary/aromatic N) is 2. The van der Waals surface area contributed by atoms with E-state index in [9.17, 15) is 22.4 Å². The van der Waals surface area contributed by atoms with E-state index >= 15 is 0 Å². The van der Waals surface area contributed by atoms with Gasteiger partial charge in [-0.15, -0.1) is 0 Å². The SMILES string of the molecule is Cc1noc2ncc(C(=O)Nc3cc(C(F)(F)F)ccc3F)cc12. The van der Waals surface area contributed by atoms with Crippen molar-refractivity contribution in [3.63, 3.8) is 0 Å². The van der Waals surface area contributed by atoms with Gasteiger partial charge in [0.25, 0.3) is 11.6 Å². The number of aryl methyl sites for hydroxylation is 1. The molecule has 3 aromatic rings. The number of carbonyl (C=O) groups is 1. The van der Waals surface area contributed by atoms with E-state index in [1.165, 1.54) is 6.07 Å². The van der Waals surface area contributed by atoms with Crippen molar-refractivity contribution in [2.45, 2.75) is 13.1 Å². The van der Waals surface area contributed by atoms with E-state index in [0.717, 1.165) is 6.20 Å². The summed E-state index contributed by atoms with van der Waals surface area (Å²) in [5.41, 5.74) is -0.892. The molecule has 0 bridgehead atoms. The van der Waals surface area contributed by atoms with Crippen LogP contribution in [0.5, 0.6) is 0 Å². The van der Waals surface area contributed by atoms with Gasteiger partial charge in [0, 0.05) is 6.20 Å². The Labute approximate surface area is 132 Å². The lowest BCUT2D eigenvalue weighted by Crippen LogP contribution is -2.14. The van der Waals surface area contributed by atoms with Gasteiger partial charge in [-0.05, 0) is 31.2 Å². The normalized spacial score (nSPS) is 11.7. The summed E-state index contributed by atoms with van der Waals surface area (Å²) >= 11 is 0.